The number of allylic oxidation sites excluding steroid dienone is 8. The molecule has 0 N–H and O–H groups in total. The second-order valence-electron chi connectivity index (χ2n) is 12.0. The lowest BCUT2D eigenvalue weighted by molar-refractivity contribution is -0.300. The van der Waals surface area contributed by atoms with Gasteiger partial charge in [0.25, 0.3) is 0 Å². The molecule has 2 heterocycles. The molecule has 1 aliphatic heterocycles. The van der Waals surface area contributed by atoms with Crippen LogP contribution in [0.25, 0.3) is 6.08 Å². The third kappa shape index (κ3) is 5.78. The molecule has 0 amide bonds. The van der Waals surface area contributed by atoms with Crippen molar-refractivity contribution in [3.05, 3.63) is 78.0 Å². The molecule has 1 aliphatic carbocycles. The first kappa shape index (κ1) is 25.7. The Labute approximate surface area is 207 Å². The number of rotatable bonds is 2. The minimum Gasteiger partial charge on any atom is -0.871 e. The Morgan fingerprint density at radius 3 is 1.85 bits per heavy atom. The van der Waals surface area contributed by atoms with E-state index in [1.54, 1.807) is 35.3 Å². The minimum absolute atomic E-state index is 0.00516. The molecule has 2 aliphatic rings. The van der Waals surface area contributed by atoms with E-state index in [2.05, 4.69) is 87.4 Å². The highest BCUT2D eigenvalue weighted by atomic mass is 32.2. The summed E-state index contributed by atoms with van der Waals surface area (Å²) in [6.07, 6.45) is 7.67. The lowest BCUT2D eigenvalue weighted by atomic mass is 9.84. The van der Waals surface area contributed by atoms with Crippen molar-refractivity contribution in [3.8, 4) is 0 Å². The van der Waals surface area contributed by atoms with Crippen LogP contribution in [-0.2, 0) is 15.6 Å². The zero-order chi connectivity index (χ0) is 24.9. The molecule has 0 atom stereocenters. The van der Waals surface area contributed by atoms with Crippen molar-refractivity contribution in [2.45, 2.75) is 80.1 Å². The Morgan fingerprint density at radius 1 is 0.848 bits per heavy atom. The monoisotopic (exact) mass is 480 g/mol. The van der Waals surface area contributed by atoms with Gasteiger partial charge in [-0.25, -0.2) is 0 Å². The largest absolute Gasteiger partial charge is 0.871 e. The molecule has 0 aromatic carbocycles. The molecule has 1 aromatic heterocycles. The lowest BCUT2D eigenvalue weighted by Gasteiger charge is -2.30. The van der Waals surface area contributed by atoms with Crippen molar-refractivity contribution in [2.24, 2.45) is 5.41 Å². The summed E-state index contributed by atoms with van der Waals surface area (Å²) in [6, 6.07) is 4.24. The van der Waals surface area contributed by atoms with Gasteiger partial charge < -0.3 is 5.11 Å². The summed E-state index contributed by atoms with van der Waals surface area (Å²) in [7, 11) is 0. The van der Waals surface area contributed by atoms with Gasteiger partial charge in [0.2, 0.25) is 21.1 Å². The Bertz CT molecular complexity index is 1120. The molecule has 0 unspecified atom stereocenters. The molecule has 0 radical (unpaired) electrons. The fourth-order valence-electron chi connectivity index (χ4n) is 3.49. The van der Waals surface area contributed by atoms with E-state index in [9.17, 15) is 9.90 Å². The molecule has 4 heteroatoms. The highest BCUT2D eigenvalue weighted by Gasteiger charge is 2.33. The Balaban J connectivity index is 2.03. The second-order valence-corrected chi connectivity index (χ2v) is 14.4. The second kappa shape index (κ2) is 8.70. The van der Waals surface area contributed by atoms with Crippen molar-refractivity contribution in [2.75, 3.05) is 0 Å². The maximum Gasteiger partial charge on any atom is 0.219 e. The van der Waals surface area contributed by atoms with Crippen molar-refractivity contribution in [1.29, 1.82) is 0 Å². The molecular formula is C29H36O2S2. The van der Waals surface area contributed by atoms with E-state index in [1.807, 2.05) is 6.08 Å². The molecule has 1 aromatic rings. The summed E-state index contributed by atoms with van der Waals surface area (Å²) in [6.45, 7) is 21.7. The van der Waals surface area contributed by atoms with Crippen LogP contribution in [0.2, 0.25) is 0 Å². The van der Waals surface area contributed by atoms with Gasteiger partial charge in [0.05, 0.1) is 0 Å². The summed E-state index contributed by atoms with van der Waals surface area (Å²) in [4.78, 5) is 17.8. The molecule has 176 valence electrons. The summed E-state index contributed by atoms with van der Waals surface area (Å²) in [5.74, 6) is -0.325. The first-order valence-electron chi connectivity index (χ1n) is 11.4. The van der Waals surface area contributed by atoms with Crippen LogP contribution >= 0.6 is 23.1 Å². The molecule has 0 bridgehead atoms. The fourth-order valence-corrected chi connectivity index (χ4v) is 5.77. The molecule has 0 fully saturated rings. The van der Waals surface area contributed by atoms with Crippen LogP contribution < -0.4 is 5.11 Å². The molecule has 0 spiro atoms. The lowest BCUT2D eigenvalue weighted by Crippen LogP contribution is -2.29. The number of thioether (sulfide) groups is 1. The first-order chi connectivity index (χ1) is 15.0. The number of ketones is 1. The van der Waals surface area contributed by atoms with Crippen LogP contribution in [0.4, 0.5) is 0 Å². The zero-order valence-corrected chi connectivity index (χ0v) is 23.2. The van der Waals surface area contributed by atoms with Gasteiger partial charge >= 0.3 is 0 Å². The van der Waals surface area contributed by atoms with Gasteiger partial charge in [0.15, 0.2) is 5.78 Å². The van der Waals surface area contributed by atoms with Gasteiger partial charge in [-0.1, -0.05) is 79.8 Å². The fraction of sp³-hybridized carbons (Fsp3) is 0.448. The van der Waals surface area contributed by atoms with Gasteiger partial charge in [-0.15, -0.1) is 0 Å². The number of carbonyl (C=O) groups is 1. The van der Waals surface area contributed by atoms with Crippen molar-refractivity contribution in [3.63, 3.8) is 0 Å². The van der Waals surface area contributed by atoms with Crippen LogP contribution in [0, 0.1) is 5.41 Å². The van der Waals surface area contributed by atoms with E-state index in [-0.39, 0.29) is 38.9 Å². The van der Waals surface area contributed by atoms with Crippen LogP contribution in [0.15, 0.2) is 62.6 Å². The van der Waals surface area contributed by atoms with Gasteiger partial charge in [-0.3, -0.25) is 4.79 Å². The normalized spacial score (nSPS) is 20.2. The Hall–Kier alpha value is -1.91. The van der Waals surface area contributed by atoms with Crippen LogP contribution in [-0.4, -0.2) is 5.78 Å². The van der Waals surface area contributed by atoms with Gasteiger partial charge in [-0.05, 0) is 57.6 Å². The maximum absolute atomic E-state index is 13.0. The smallest absolute Gasteiger partial charge is 0.219 e. The van der Waals surface area contributed by atoms with E-state index in [1.165, 1.54) is 19.6 Å². The van der Waals surface area contributed by atoms with E-state index in [0.29, 0.717) is 0 Å². The predicted octanol–water partition coefficient (Wildman–Crippen LogP) is 7.71. The molecule has 3 rings (SSSR count). The zero-order valence-electron chi connectivity index (χ0n) is 21.6. The average Bonchev–Trinajstić information content (AvgIpc) is 2.67. The first-order valence-corrected chi connectivity index (χ1v) is 13.1. The average molecular weight is 481 g/mol. The van der Waals surface area contributed by atoms with Crippen molar-refractivity contribution in [1.82, 2.24) is 0 Å². The standard InChI is InChI=1S/C29H36O2S2/c1-17-11-18(14-22(32-17)27(2,3)4)12-20-25(30)21(26(20)31)13-19-15-23(28(5,6)7)33-24(16-19)29(8,9)10/h11-16H,1-10H3. The summed E-state index contributed by atoms with van der Waals surface area (Å²) < 4.78 is 0. The molecule has 0 saturated carbocycles. The third-order valence-electron chi connectivity index (χ3n) is 5.57. The SMILES string of the molecule is CC1=CC(=CC2=C([O-])C(=Cc3cc(C(C)(C)C)[s+]c(C(C)(C)C)c3)C2=O)C=C(C(C)(C)C)S1. The predicted molar refractivity (Wildman–Crippen MR) is 143 cm³/mol. The van der Waals surface area contributed by atoms with Crippen molar-refractivity contribution < 1.29 is 9.90 Å². The third-order valence-corrected chi connectivity index (χ3v) is 8.86. The highest BCUT2D eigenvalue weighted by Crippen LogP contribution is 2.43. The van der Waals surface area contributed by atoms with Gasteiger partial charge in [0.1, 0.15) is 0 Å². The summed E-state index contributed by atoms with van der Waals surface area (Å²) in [5.41, 5.74) is 2.41. The van der Waals surface area contributed by atoms with Crippen molar-refractivity contribution >= 4 is 35.0 Å². The van der Waals surface area contributed by atoms with E-state index in [4.69, 9.17) is 0 Å². The molecule has 2 nitrogen and oxygen atoms in total. The number of Topliss-reactive ketones (excluding diaryl/α,β-unsaturated/α-hetero) is 1. The van der Waals surface area contributed by atoms with Crippen LogP contribution in [0.1, 0.15) is 84.6 Å². The Morgan fingerprint density at radius 2 is 1.39 bits per heavy atom. The van der Waals surface area contributed by atoms with Crippen LogP contribution in [0.3, 0.4) is 0 Å². The van der Waals surface area contributed by atoms with E-state index >= 15 is 0 Å². The maximum atomic E-state index is 13.0. The highest BCUT2D eigenvalue weighted by molar-refractivity contribution is 8.06. The van der Waals surface area contributed by atoms with E-state index in [0.717, 1.165) is 11.1 Å². The Kier molecular flexibility index (Phi) is 6.78. The van der Waals surface area contributed by atoms with Crippen LogP contribution in [0.5, 0.6) is 0 Å². The summed E-state index contributed by atoms with van der Waals surface area (Å²) >= 11 is 3.55. The number of hydrogen-bond acceptors (Lipinski definition) is 3. The number of hydrogen-bond donors (Lipinski definition) is 0. The topological polar surface area (TPSA) is 40.1 Å². The molecule has 0 saturated heterocycles. The van der Waals surface area contributed by atoms with Gasteiger partial charge in [0, 0.05) is 34.1 Å². The molecular weight excluding hydrogens is 444 g/mol. The van der Waals surface area contributed by atoms with Gasteiger partial charge in [-0.2, -0.15) is 0 Å². The number of carbonyl (C=O) groups excluding carboxylic acids is 1. The molecule has 33 heavy (non-hydrogen) atoms. The summed E-state index contributed by atoms with van der Waals surface area (Å²) in [5, 5.41) is 13.0. The quantitative estimate of drug-likeness (QED) is 0.321. The van der Waals surface area contributed by atoms with E-state index < -0.39 is 0 Å². The minimum atomic E-state index is -0.162.